The zero-order valence-corrected chi connectivity index (χ0v) is 11.9. The molecule has 1 aromatic carbocycles. The Morgan fingerprint density at radius 1 is 1.45 bits per heavy atom. The van der Waals surface area contributed by atoms with Gasteiger partial charge in [0, 0.05) is 17.1 Å². The maximum atomic E-state index is 12.3. The van der Waals surface area contributed by atoms with Crippen LogP contribution in [0.2, 0.25) is 5.02 Å². The molecular weight excluding hydrogens is 292 g/mol. The van der Waals surface area contributed by atoms with E-state index in [2.05, 4.69) is 10.1 Å². The van der Waals surface area contributed by atoms with E-state index in [4.69, 9.17) is 16.3 Å². The van der Waals surface area contributed by atoms with Crippen LogP contribution in [0.4, 0.5) is 8.78 Å². The smallest absolute Gasteiger partial charge is 0.387 e. The second-order valence-electron chi connectivity index (χ2n) is 3.99. The van der Waals surface area contributed by atoms with Crippen molar-refractivity contribution in [2.45, 2.75) is 33.0 Å². The van der Waals surface area contributed by atoms with Gasteiger partial charge < -0.3 is 14.8 Å². The van der Waals surface area contributed by atoms with E-state index in [0.29, 0.717) is 10.6 Å². The fourth-order valence-corrected chi connectivity index (χ4v) is 1.71. The van der Waals surface area contributed by atoms with E-state index in [1.165, 1.54) is 18.2 Å². The summed E-state index contributed by atoms with van der Waals surface area (Å²) in [5.41, 5.74) is 0.439. The second kappa shape index (κ2) is 8.01. The van der Waals surface area contributed by atoms with Crippen LogP contribution < -0.4 is 10.1 Å². The minimum absolute atomic E-state index is 0.0213. The third-order valence-electron chi connectivity index (χ3n) is 2.48. The van der Waals surface area contributed by atoms with Crippen molar-refractivity contribution in [3.63, 3.8) is 0 Å². The van der Waals surface area contributed by atoms with Crippen LogP contribution in [-0.4, -0.2) is 25.2 Å². The van der Waals surface area contributed by atoms with E-state index in [1.54, 1.807) is 13.8 Å². The summed E-state index contributed by atoms with van der Waals surface area (Å²) in [5, 5.41) is 3.26. The third kappa shape index (κ3) is 5.30. The summed E-state index contributed by atoms with van der Waals surface area (Å²) >= 11 is 5.82. The third-order valence-corrected chi connectivity index (χ3v) is 2.71. The van der Waals surface area contributed by atoms with E-state index >= 15 is 0 Å². The van der Waals surface area contributed by atoms with Crippen molar-refractivity contribution < 1.29 is 23.0 Å². The first-order chi connectivity index (χ1) is 9.43. The Morgan fingerprint density at radius 3 is 2.75 bits per heavy atom. The van der Waals surface area contributed by atoms with Gasteiger partial charge in [0.25, 0.3) is 0 Å². The first kappa shape index (κ1) is 16.7. The topological polar surface area (TPSA) is 47.6 Å². The molecule has 0 bridgehead atoms. The number of carbonyl (C=O) groups excluding carboxylic acids is 1. The van der Waals surface area contributed by atoms with E-state index in [9.17, 15) is 13.6 Å². The number of nitrogens with one attached hydrogen (secondary N) is 1. The molecule has 1 rings (SSSR count). The van der Waals surface area contributed by atoms with Gasteiger partial charge in [-0.2, -0.15) is 8.78 Å². The molecule has 0 radical (unpaired) electrons. The van der Waals surface area contributed by atoms with Crippen LogP contribution in [0.5, 0.6) is 5.75 Å². The average Bonchev–Trinajstić information content (AvgIpc) is 2.38. The molecule has 0 aromatic heterocycles. The Bertz CT molecular complexity index is 457. The quantitative estimate of drug-likeness (QED) is 0.787. The van der Waals surface area contributed by atoms with Crippen LogP contribution in [0.1, 0.15) is 19.4 Å². The number of hydrogen-bond acceptors (Lipinski definition) is 4. The fraction of sp³-hybridized carbons (Fsp3) is 0.462. The van der Waals surface area contributed by atoms with Gasteiger partial charge in [0.05, 0.1) is 6.61 Å². The molecule has 7 heteroatoms. The number of carbonyl (C=O) groups is 1. The lowest BCUT2D eigenvalue weighted by Gasteiger charge is -2.15. The van der Waals surface area contributed by atoms with E-state index in [1.807, 2.05) is 0 Å². The van der Waals surface area contributed by atoms with Gasteiger partial charge in [-0.3, -0.25) is 4.79 Å². The molecule has 0 fully saturated rings. The van der Waals surface area contributed by atoms with Crippen molar-refractivity contribution in [2.75, 3.05) is 6.61 Å². The molecule has 0 aliphatic heterocycles. The Balaban J connectivity index is 2.70. The Kier molecular flexibility index (Phi) is 6.67. The second-order valence-corrected chi connectivity index (χ2v) is 4.42. The highest BCUT2D eigenvalue weighted by Crippen LogP contribution is 2.24. The number of ether oxygens (including phenoxy) is 2. The number of rotatable bonds is 7. The molecule has 0 spiro atoms. The van der Waals surface area contributed by atoms with Crippen molar-refractivity contribution in [1.82, 2.24) is 5.32 Å². The van der Waals surface area contributed by atoms with Gasteiger partial charge in [-0.1, -0.05) is 11.6 Å². The molecule has 0 saturated carbocycles. The van der Waals surface area contributed by atoms with Gasteiger partial charge in [0.1, 0.15) is 11.8 Å². The molecule has 4 nitrogen and oxygen atoms in total. The van der Waals surface area contributed by atoms with Gasteiger partial charge in [-0.25, -0.2) is 0 Å². The lowest BCUT2D eigenvalue weighted by molar-refractivity contribution is -0.145. The highest BCUT2D eigenvalue weighted by molar-refractivity contribution is 6.30. The molecule has 112 valence electrons. The van der Waals surface area contributed by atoms with Crippen molar-refractivity contribution in [2.24, 2.45) is 0 Å². The van der Waals surface area contributed by atoms with Crippen molar-refractivity contribution in [3.05, 3.63) is 28.8 Å². The lowest BCUT2D eigenvalue weighted by atomic mass is 10.2. The van der Waals surface area contributed by atoms with E-state index in [-0.39, 0.29) is 18.9 Å². The molecule has 1 atom stereocenters. The molecule has 1 unspecified atom stereocenters. The summed E-state index contributed by atoms with van der Waals surface area (Å²) in [6.45, 7) is 0.842. The van der Waals surface area contributed by atoms with Crippen LogP contribution in [-0.2, 0) is 16.1 Å². The van der Waals surface area contributed by atoms with Gasteiger partial charge in [-0.05, 0) is 32.0 Å². The standard InChI is InChI=1S/C13H16ClF2NO3/c1-3-19-12(18)8(2)17-7-9-6-10(14)4-5-11(9)20-13(15)16/h4-6,8,13,17H,3,7H2,1-2H3. The van der Waals surface area contributed by atoms with Gasteiger partial charge in [0.2, 0.25) is 0 Å². The van der Waals surface area contributed by atoms with Crippen molar-refractivity contribution >= 4 is 17.6 Å². The summed E-state index contributed by atoms with van der Waals surface area (Å²) in [6, 6.07) is 3.76. The highest BCUT2D eigenvalue weighted by atomic mass is 35.5. The highest BCUT2D eigenvalue weighted by Gasteiger charge is 2.15. The first-order valence-electron chi connectivity index (χ1n) is 6.07. The fourth-order valence-electron chi connectivity index (χ4n) is 1.51. The molecule has 0 aliphatic rings. The van der Waals surface area contributed by atoms with Gasteiger partial charge in [0.15, 0.2) is 0 Å². The monoisotopic (exact) mass is 307 g/mol. The number of alkyl halides is 2. The predicted octanol–water partition coefficient (Wildman–Crippen LogP) is 2.98. The molecule has 1 aromatic rings. The summed E-state index contributed by atoms with van der Waals surface area (Å²) in [7, 11) is 0. The minimum Gasteiger partial charge on any atom is -0.465 e. The predicted molar refractivity (Wildman–Crippen MR) is 71.0 cm³/mol. The zero-order valence-electron chi connectivity index (χ0n) is 11.2. The van der Waals surface area contributed by atoms with Crippen LogP contribution >= 0.6 is 11.6 Å². The summed E-state index contributed by atoms with van der Waals surface area (Å²) < 4.78 is 33.8. The number of benzene rings is 1. The SMILES string of the molecule is CCOC(=O)C(C)NCc1cc(Cl)ccc1OC(F)F. The number of hydrogen-bond donors (Lipinski definition) is 1. The Hall–Kier alpha value is -1.40. The average molecular weight is 308 g/mol. The zero-order chi connectivity index (χ0) is 15.1. The molecule has 0 aliphatic carbocycles. The Labute approximate surface area is 121 Å². The molecule has 0 amide bonds. The summed E-state index contributed by atoms with van der Waals surface area (Å²) in [6.07, 6.45) is 0. The molecular formula is C13H16ClF2NO3. The molecule has 0 saturated heterocycles. The maximum Gasteiger partial charge on any atom is 0.387 e. The molecule has 0 heterocycles. The first-order valence-corrected chi connectivity index (χ1v) is 6.45. The number of esters is 1. The van der Waals surface area contributed by atoms with Crippen LogP contribution in [0.3, 0.4) is 0 Å². The van der Waals surface area contributed by atoms with E-state index < -0.39 is 18.6 Å². The number of halogens is 3. The molecule has 1 N–H and O–H groups in total. The largest absolute Gasteiger partial charge is 0.465 e. The van der Waals surface area contributed by atoms with Crippen molar-refractivity contribution in [1.29, 1.82) is 0 Å². The maximum absolute atomic E-state index is 12.3. The van der Waals surface area contributed by atoms with E-state index in [0.717, 1.165) is 0 Å². The van der Waals surface area contributed by atoms with Gasteiger partial charge in [-0.15, -0.1) is 0 Å². The summed E-state index contributed by atoms with van der Waals surface area (Å²) in [4.78, 5) is 11.4. The minimum atomic E-state index is -2.92. The van der Waals surface area contributed by atoms with Crippen molar-refractivity contribution in [3.8, 4) is 5.75 Å². The summed E-state index contributed by atoms with van der Waals surface area (Å²) in [5.74, 6) is -0.390. The Morgan fingerprint density at radius 2 is 2.15 bits per heavy atom. The van der Waals surface area contributed by atoms with Crippen LogP contribution in [0, 0.1) is 0 Å². The van der Waals surface area contributed by atoms with Crippen LogP contribution in [0.15, 0.2) is 18.2 Å². The normalized spacial score (nSPS) is 12.3. The molecule has 20 heavy (non-hydrogen) atoms. The van der Waals surface area contributed by atoms with Gasteiger partial charge >= 0.3 is 12.6 Å². The van der Waals surface area contributed by atoms with Crippen LogP contribution in [0.25, 0.3) is 0 Å². The lowest BCUT2D eigenvalue weighted by Crippen LogP contribution is -2.35.